The van der Waals surface area contributed by atoms with Gasteiger partial charge in [0.1, 0.15) is 6.33 Å². The van der Waals surface area contributed by atoms with Gasteiger partial charge in [0.05, 0.1) is 17.1 Å². The summed E-state index contributed by atoms with van der Waals surface area (Å²) in [5.41, 5.74) is 0.567. The van der Waals surface area contributed by atoms with Crippen LogP contribution >= 0.6 is 0 Å². The molecule has 23 heavy (non-hydrogen) atoms. The Bertz CT molecular complexity index is 860. The molecule has 0 aliphatic rings. The number of hydrogen-bond acceptors (Lipinski definition) is 6. The molecule has 0 saturated heterocycles. The number of rotatable bonds is 6. The Morgan fingerprint density at radius 1 is 1.30 bits per heavy atom. The lowest BCUT2D eigenvalue weighted by atomic mass is 10.3. The number of tetrazole rings is 1. The van der Waals surface area contributed by atoms with Gasteiger partial charge < -0.3 is 0 Å². The summed E-state index contributed by atoms with van der Waals surface area (Å²) in [6, 6.07) is 7.89. The first kappa shape index (κ1) is 15.3. The van der Waals surface area contributed by atoms with E-state index in [-0.39, 0.29) is 10.9 Å². The third-order valence-electron chi connectivity index (χ3n) is 3.12. The molecule has 120 valence electrons. The number of sulfonamides is 1. The van der Waals surface area contributed by atoms with Crippen molar-refractivity contribution in [2.75, 3.05) is 0 Å². The lowest BCUT2D eigenvalue weighted by molar-refractivity contribution is 0.494. The predicted molar refractivity (Wildman–Crippen MR) is 81.2 cm³/mol. The number of benzene rings is 1. The number of hydrogen-bond donors (Lipinski definition) is 1. The minimum absolute atomic E-state index is 0.151. The van der Waals surface area contributed by atoms with Gasteiger partial charge in [-0.25, -0.2) is 17.8 Å². The lowest BCUT2D eigenvalue weighted by Gasteiger charge is -2.14. The molecule has 3 rings (SSSR count). The molecule has 0 aliphatic carbocycles. The van der Waals surface area contributed by atoms with Crippen LogP contribution in [0.15, 0.2) is 53.9 Å². The van der Waals surface area contributed by atoms with Crippen LogP contribution in [-0.4, -0.2) is 44.4 Å². The molecule has 10 heteroatoms. The maximum absolute atomic E-state index is 12.5. The quantitative estimate of drug-likeness (QED) is 0.692. The fourth-order valence-electron chi connectivity index (χ4n) is 2.13. The minimum Gasteiger partial charge on any atom is -0.271 e. The van der Waals surface area contributed by atoms with Crippen LogP contribution in [0.2, 0.25) is 0 Å². The van der Waals surface area contributed by atoms with Crippen LogP contribution in [0.25, 0.3) is 5.69 Å². The molecule has 0 spiro atoms. The van der Waals surface area contributed by atoms with Gasteiger partial charge >= 0.3 is 0 Å². The Labute approximate surface area is 133 Å². The average molecular weight is 333 g/mol. The van der Waals surface area contributed by atoms with Gasteiger partial charge in [-0.1, -0.05) is 6.07 Å². The zero-order chi connectivity index (χ0) is 16.3. The summed E-state index contributed by atoms with van der Waals surface area (Å²) >= 11 is 0. The highest BCUT2D eigenvalue weighted by Crippen LogP contribution is 2.14. The van der Waals surface area contributed by atoms with Gasteiger partial charge in [-0.05, 0) is 41.6 Å². The summed E-state index contributed by atoms with van der Waals surface area (Å²) in [4.78, 5) is 0.151. The predicted octanol–water partition coefficient (Wildman–Crippen LogP) is 0.226. The minimum atomic E-state index is -3.65. The second kappa shape index (κ2) is 6.26. The first-order valence-corrected chi connectivity index (χ1v) is 8.36. The Balaban J connectivity index is 1.78. The van der Waals surface area contributed by atoms with E-state index >= 15 is 0 Å². The maximum atomic E-state index is 12.5. The summed E-state index contributed by atoms with van der Waals surface area (Å²) in [6.45, 7) is 2.23. The molecule has 2 heterocycles. The van der Waals surface area contributed by atoms with Gasteiger partial charge in [-0.15, -0.1) is 5.10 Å². The van der Waals surface area contributed by atoms with Crippen LogP contribution in [0.1, 0.15) is 6.92 Å². The Morgan fingerprint density at radius 3 is 2.87 bits per heavy atom. The Hall–Kier alpha value is -2.59. The molecule has 0 amide bonds. The van der Waals surface area contributed by atoms with Crippen LogP contribution in [0.4, 0.5) is 0 Å². The highest BCUT2D eigenvalue weighted by molar-refractivity contribution is 7.89. The Morgan fingerprint density at radius 2 is 2.17 bits per heavy atom. The topological polar surface area (TPSA) is 108 Å². The summed E-state index contributed by atoms with van der Waals surface area (Å²) in [7, 11) is -3.65. The molecule has 9 nitrogen and oxygen atoms in total. The van der Waals surface area contributed by atoms with Gasteiger partial charge in [0.2, 0.25) is 10.0 Å². The molecule has 0 fully saturated rings. The normalized spacial score (nSPS) is 13.1. The lowest BCUT2D eigenvalue weighted by Crippen LogP contribution is -2.35. The molecule has 2 aromatic heterocycles. The van der Waals surface area contributed by atoms with E-state index in [1.807, 2.05) is 0 Å². The van der Waals surface area contributed by atoms with Crippen molar-refractivity contribution >= 4 is 10.0 Å². The monoisotopic (exact) mass is 333 g/mol. The van der Waals surface area contributed by atoms with E-state index in [1.165, 1.54) is 23.1 Å². The van der Waals surface area contributed by atoms with E-state index in [0.29, 0.717) is 12.2 Å². The second-order valence-corrected chi connectivity index (χ2v) is 6.72. The van der Waals surface area contributed by atoms with Gasteiger partial charge in [0.15, 0.2) is 0 Å². The maximum Gasteiger partial charge on any atom is 0.240 e. The summed E-state index contributed by atoms with van der Waals surface area (Å²) in [5, 5.41) is 14.9. The van der Waals surface area contributed by atoms with Crippen molar-refractivity contribution in [3.8, 4) is 5.69 Å². The van der Waals surface area contributed by atoms with Crippen molar-refractivity contribution in [1.82, 2.24) is 34.7 Å². The van der Waals surface area contributed by atoms with Crippen LogP contribution < -0.4 is 4.72 Å². The standard InChI is InChI=1S/C13H15N7O2S/c1-11(9-19-7-3-6-15-19)16-23(21,22)13-5-2-4-12(8-13)20-10-14-17-18-20/h2-8,10-11,16H,9H2,1H3/t11-/m1/s1. The molecule has 1 N–H and O–H groups in total. The second-order valence-electron chi connectivity index (χ2n) is 5.00. The molecule has 3 aromatic rings. The first-order chi connectivity index (χ1) is 11.0. The van der Waals surface area contributed by atoms with Crippen LogP contribution in [0.5, 0.6) is 0 Å². The third-order valence-corrected chi connectivity index (χ3v) is 4.71. The Kier molecular flexibility index (Phi) is 4.17. The van der Waals surface area contributed by atoms with Crippen LogP contribution in [0, 0.1) is 0 Å². The van der Waals surface area contributed by atoms with E-state index in [2.05, 4.69) is 25.3 Å². The zero-order valence-corrected chi connectivity index (χ0v) is 13.1. The zero-order valence-electron chi connectivity index (χ0n) is 12.3. The fourth-order valence-corrected chi connectivity index (χ4v) is 3.41. The average Bonchev–Trinajstić information content (AvgIpc) is 3.20. The highest BCUT2D eigenvalue weighted by atomic mass is 32.2. The number of nitrogens with one attached hydrogen (secondary N) is 1. The highest BCUT2D eigenvalue weighted by Gasteiger charge is 2.18. The van der Waals surface area contributed by atoms with E-state index in [1.54, 1.807) is 42.2 Å². The van der Waals surface area contributed by atoms with Crippen LogP contribution in [0.3, 0.4) is 0 Å². The molecule has 1 aromatic carbocycles. The van der Waals surface area contributed by atoms with Gasteiger partial charge in [0, 0.05) is 18.4 Å². The van der Waals surface area contributed by atoms with Crippen molar-refractivity contribution in [3.63, 3.8) is 0 Å². The smallest absolute Gasteiger partial charge is 0.240 e. The van der Waals surface area contributed by atoms with E-state index in [9.17, 15) is 8.42 Å². The molecule has 0 radical (unpaired) electrons. The van der Waals surface area contributed by atoms with E-state index < -0.39 is 10.0 Å². The van der Waals surface area contributed by atoms with Gasteiger partial charge in [0.25, 0.3) is 0 Å². The molecule has 0 unspecified atom stereocenters. The van der Waals surface area contributed by atoms with E-state index in [4.69, 9.17) is 0 Å². The third kappa shape index (κ3) is 3.60. The van der Waals surface area contributed by atoms with Crippen molar-refractivity contribution in [3.05, 3.63) is 49.1 Å². The van der Waals surface area contributed by atoms with E-state index in [0.717, 1.165) is 0 Å². The largest absolute Gasteiger partial charge is 0.271 e. The molecule has 0 saturated carbocycles. The summed E-state index contributed by atoms with van der Waals surface area (Å²) in [6.07, 6.45) is 4.83. The number of nitrogens with zero attached hydrogens (tertiary/aromatic N) is 6. The number of aromatic nitrogens is 6. The van der Waals surface area contributed by atoms with Crippen molar-refractivity contribution < 1.29 is 8.42 Å². The molecule has 0 aliphatic heterocycles. The van der Waals surface area contributed by atoms with Gasteiger partial charge in [-0.2, -0.15) is 5.10 Å². The fraction of sp³-hybridized carbons (Fsp3) is 0.231. The van der Waals surface area contributed by atoms with Crippen molar-refractivity contribution in [1.29, 1.82) is 0 Å². The van der Waals surface area contributed by atoms with Crippen molar-refractivity contribution in [2.24, 2.45) is 0 Å². The summed E-state index contributed by atoms with van der Waals surface area (Å²) < 4.78 is 30.7. The first-order valence-electron chi connectivity index (χ1n) is 6.88. The van der Waals surface area contributed by atoms with Gasteiger partial charge in [-0.3, -0.25) is 4.68 Å². The molecule has 1 atom stereocenters. The SMILES string of the molecule is C[C@H](Cn1cccn1)NS(=O)(=O)c1cccc(-n2cnnn2)c1. The summed E-state index contributed by atoms with van der Waals surface area (Å²) in [5.74, 6) is 0. The molecular formula is C13H15N7O2S. The molecular weight excluding hydrogens is 318 g/mol. The molecule has 0 bridgehead atoms. The van der Waals surface area contributed by atoms with Crippen molar-refractivity contribution in [2.45, 2.75) is 24.4 Å². The van der Waals surface area contributed by atoms with Crippen LogP contribution in [-0.2, 0) is 16.6 Å².